The van der Waals surface area contributed by atoms with Crippen molar-refractivity contribution in [3.05, 3.63) is 110 Å². The Labute approximate surface area is 233 Å². The number of nitro benzene ring substituents is 1. The van der Waals surface area contributed by atoms with Crippen molar-refractivity contribution in [3.8, 4) is 11.8 Å². The van der Waals surface area contributed by atoms with Crippen molar-refractivity contribution < 1.29 is 22.3 Å². The van der Waals surface area contributed by atoms with E-state index in [-0.39, 0.29) is 37.6 Å². The van der Waals surface area contributed by atoms with Gasteiger partial charge in [-0.1, -0.05) is 71.2 Å². The van der Waals surface area contributed by atoms with Crippen LogP contribution in [0.4, 0.5) is 11.4 Å². The number of nitro groups is 1. The average molecular weight is 582 g/mol. The first-order chi connectivity index (χ1) is 18.5. The van der Waals surface area contributed by atoms with Crippen molar-refractivity contribution in [1.29, 1.82) is 5.26 Å². The Morgan fingerprint density at radius 1 is 1.05 bits per heavy atom. The summed E-state index contributed by atoms with van der Waals surface area (Å²) in [5.41, 5.74) is 0.0739. The van der Waals surface area contributed by atoms with Gasteiger partial charge in [-0.25, -0.2) is 0 Å². The summed E-state index contributed by atoms with van der Waals surface area (Å²) in [6.45, 7) is 1.81. The van der Waals surface area contributed by atoms with Gasteiger partial charge >= 0.3 is 10.1 Å². The van der Waals surface area contributed by atoms with Gasteiger partial charge in [0.2, 0.25) is 0 Å². The topological polar surface area (TPSA) is 139 Å². The molecule has 0 heterocycles. The SMILES string of the molecule is Cc1ccc(S(=O)(=O)Oc2ccc3ccccc3c2/C=C(\C#N)C(=O)Nc2c(Cl)cc([N+](=O)[O-])cc2Cl)cc1. The number of nitrogens with zero attached hydrogens (tertiary/aromatic N) is 2. The van der Waals surface area contributed by atoms with Crippen molar-refractivity contribution in [2.75, 3.05) is 5.32 Å². The molecule has 0 saturated carbocycles. The zero-order chi connectivity index (χ0) is 28.3. The third-order valence-corrected chi connectivity index (χ3v) is 7.41. The Kier molecular flexibility index (Phi) is 7.88. The molecule has 1 N–H and O–H groups in total. The number of carbonyl (C=O) groups is 1. The normalized spacial score (nSPS) is 11.6. The molecule has 0 bridgehead atoms. The lowest BCUT2D eigenvalue weighted by molar-refractivity contribution is -0.384. The van der Waals surface area contributed by atoms with Gasteiger partial charge in [0, 0.05) is 17.7 Å². The van der Waals surface area contributed by atoms with Gasteiger partial charge in [-0.05, 0) is 42.0 Å². The van der Waals surface area contributed by atoms with Crippen LogP contribution in [0.25, 0.3) is 16.8 Å². The van der Waals surface area contributed by atoms with E-state index in [1.165, 1.54) is 24.3 Å². The first-order valence-electron chi connectivity index (χ1n) is 11.1. The molecule has 4 rings (SSSR count). The summed E-state index contributed by atoms with van der Waals surface area (Å²) in [5, 5.41) is 24.0. The number of aryl methyl sites for hydroxylation is 1. The van der Waals surface area contributed by atoms with Gasteiger partial charge in [0.25, 0.3) is 11.6 Å². The first kappa shape index (κ1) is 27.6. The van der Waals surface area contributed by atoms with Crippen LogP contribution in [-0.4, -0.2) is 19.2 Å². The largest absolute Gasteiger partial charge is 0.378 e. The zero-order valence-corrected chi connectivity index (χ0v) is 22.3. The minimum atomic E-state index is -4.26. The monoisotopic (exact) mass is 581 g/mol. The molecule has 0 aliphatic carbocycles. The van der Waals surface area contributed by atoms with Gasteiger partial charge < -0.3 is 9.50 Å². The molecule has 0 unspecified atom stereocenters. The van der Waals surface area contributed by atoms with E-state index in [1.54, 1.807) is 48.5 Å². The summed E-state index contributed by atoms with van der Waals surface area (Å²) in [4.78, 5) is 23.3. The van der Waals surface area contributed by atoms with E-state index < -0.39 is 26.5 Å². The summed E-state index contributed by atoms with van der Waals surface area (Å²) in [6, 6.07) is 19.9. The molecule has 4 aromatic carbocycles. The summed E-state index contributed by atoms with van der Waals surface area (Å²) in [7, 11) is -4.26. The number of anilines is 1. The average Bonchev–Trinajstić information content (AvgIpc) is 2.89. The maximum absolute atomic E-state index is 13.0. The Morgan fingerprint density at radius 2 is 1.69 bits per heavy atom. The highest BCUT2D eigenvalue weighted by molar-refractivity contribution is 7.87. The summed E-state index contributed by atoms with van der Waals surface area (Å²) < 4.78 is 31.5. The highest BCUT2D eigenvalue weighted by Crippen LogP contribution is 2.36. The van der Waals surface area contributed by atoms with Gasteiger partial charge in [-0.2, -0.15) is 13.7 Å². The van der Waals surface area contributed by atoms with Crippen LogP contribution in [0.15, 0.2) is 83.3 Å². The van der Waals surface area contributed by atoms with Gasteiger partial charge in [-0.3, -0.25) is 14.9 Å². The van der Waals surface area contributed by atoms with Crippen LogP contribution < -0.4 is 9.50 Å². The number of nitrogens with one attached hydrogen (secondary N) is 1. The Morgan fingerprint density at radius 3 is 2.31 bits per heavy atom. The van der Waals surface area contributed by atoms with Gasteiger partial charge in [0.1, 0.15) is 16.5 Å². The number of fused-ring (bicyclic) bond motifs is 1. The number of hydrogen-bond acceptors (Lipinski definition) is 7. The van der Waals surface area contributed by atoms with Crippen LogP contribution >= 0.6 is 23.2 Å². The second-order valence-corrected chi connectivity index (χ2v) is 10.6. The number of halogens is 2. The fourth-order valence-corrected chi connectivity index (χ4v) is 5.14. The van der Waals surface area contributed by atoms with E-state index >= 15 is 0 Å². The number of nitriles is 1. The smallest absolute Gasteiger partial charge is 0.339 e. The lowest BCUT2D eigenvalue weighted by Crippen LogP contribution is -2.15. The fraction of sp³-hybridized carbons (Fsp3) is 0.0370. The van der Waals surface area contributed by atoms with Crippen LogP contribution in [0.2, 0.25) is 10.0 Å². The summed E-state index contributed by atoms with van der Waals surface area (Å²) in [6.07, 6.45) is 1.19. The Bertz CT molecular complexity index is 1790. The Balaban J connectivity index is 1.78. The molecule has 0 saturated heterocycles. The molecule has 39 heavy (non-hydrogen) atoms. The summed E-state index contributed by atoms with van der Waals surface area (Å²) >= 11 is 12.2. The van der Waals surface area contributed by atoms with E-state index in [2.05, 4.69) is 5.32 Å². The van der Waals surface area contributed by atoms with E-state index in [0.29, 0.717) is 10.8 Å². The van der Waals surface area contributed by atoms with Crippen molar-refractivity contribution in [1.82, 2.24) is 0 Å². The number of carbonyl (C=O) groups excluding carboxylic acids is 1. The quantitative estimate of drug-likeness (QED) is 0.0843. The number of non-ortho nitro benzene ring substituents is 1. The molecule has 0 aliphatic rings. The number of benzene rings is 4. The number of hydrogen-bond donors (Lipinski definition) is 1. The molecular weight excluding hydrogens is 565 g/mol. The number of amides is 1. The highest BCUT2D eigenvalue weighted by Gasteiger charge is 2.22. The maximum atomic E-state index is 13.0. The van der Waals surface area contributed by atoms with Crippen LogP contribution in [0, 0.1) is 28.4 Å². The second-order valence-electron chi connectivity index (χ2n) is 8.21. The molecule has 0 aliphatic heterocycles. The number of rotatable bonds is 7. The first-order valence-corrected chi connectivity index (χ1v) is 13.3. The molecule has 0 fully saturated rings. The highest BCUT2D eigenvalue weighted by atomic mass is 35.5. The van der Waals surface area contributed by atoms with E-state index in [4.69, 9.17) is 27.4 Å². The zero-order valence-electron chi connectivity index (χ0n) is 20.0. The lowest BCUT2D eigenvalue weighted by Gasteiger charge is -2.13. The van der Waals surface area contributed by atoms with Crippen LogP contribution in [0.3, 0.4) is 0 Å². The van der Waals surface area contributed by atoms with E-state index in [1.807, 2.05) is 6.92 Å². The molecule has 12 heteroatoms. The predicted octanol–water partition coefficient (Wildman–Crippen LogP) is 6.68. The van der Waals surface area contributed by atoms with Gasteiger partial charge in [-0.15, -0.1) is 0 Å². The molecular formula is C27H17Cl2N3O6S. The van der Waals surface area contributed by atoms with Crippen molar-refractivity contribution >= 4 is 67.5 Å². The predicted molar refractivity (Wildman–Crippen MR) is 148 cm³/mol. The standard InChI is InChI=1S/C27H17Cl2N3O6S/c1-16-6-9-20(10-7-16)39(36,37)38-25-11-8-17-4-2-3-5-21(17)22(25)12-18(15-30)27(33)31-26-23(28)13-19(32(34)35)14-24(26)29/h2-14H,1H3,(H,31,33)/b18-12+. The van der Waals surface area contributed by atoms with Gasteiger partial charge in [0.05, 0.1) is 20.7 Å². The van der Waals surface area contributed by atoms with Crippen LogP contribution in [0.5, 0.6) is 5.75 Å². The van der Waals surface area contributed by atoms with Crippen LogP contribution in [0.1, 0.15) is 11.1 Å². The minimum absolute atomic E-state index is 0.0723. The lowest BCUT2D eigenvalue weighted by atomic mass is 10.0. The Hall–Kier alpha value is -4.43. The van der Waals surface area contributed by atoms with Gasteiger partial charge in [0.15, 0.2) is 5.75 Å². The molecule has 0 spiro atoms. The molecule has 4 aromatic rings. The van der Waals surface area contributed by atoms with Crippen LogP contribution in [-0.2, 0) is 14.9 Å². The molecule has 0 radical (unpaired) electrons. The minimum Gasteiger partial charge on any atom is -0.378 e. The third-order valence-electron chi connectivity index (χ3n) is 5.57. The molecule has 196 valence electrons. The third kappa shape index (κ3) is 6.02. The van der Waals surface area contributed by atoms with E-state index in [0.717, 1.165) is 17.7 Å². The maximum Gasteiger partial charge on any atom is 0.339 e. The second kappa shape index (κ2) is 11.1. The molecule has 9 nitrogen and oxygen atoms in total. The fourth-order valence-electron chi connectivity index (χ4n) is 3.63. The molecule has 1 amide bonds. The van der Waals surface area contributed by atoms with E-state index in [9.17, 15) is 28.6 Å². The van der Waals surface area contributed by atoms with Crippen molar-refractivity contribution in [2.45, 2.75) is 11.8 Å². The molecule has 0 aromatic heterocycles. The van der Waals surface area contributed by atoms with Crippen molar-refractivity contribution in [2.24, 2.45) is 0 Å². The van der Waals surface area contributed by atoms with Crippen molar-refractivity contribution in [3.63, 3.8) is 0 Å². The summed E-state index contributed by atoms with van der Waals surface area (Å²) in [5.74, 6) is -1.04. The molecule has 0 atom stereocenters.